The van der Waals surface area contributed by atoms with Crippen molar-refractivity contribution in [2.24, 2.45) is 11.8 Å². The number of carbonyl (C=O) groups is 1. The van der Waals surface area contributed by atoms with Gasteiger partial charge in [-0.1, -0.05) is 84.4 Å². The van der Waals surface area contributed by atoms with Crippen LogP contribution in [0.5, 0.6) is 0 Å². The molecule has 0 aromatic heterocycles. The molecule has 0 spiro atoms. The maximum absolute atomic E-state index is 12.9. The lowest BCUT2D eigenvalue weighted by molar-refractivity contribution is -0.137. The van der Waals surface area contributed by atoms with E-state index in [1.165, 1.54) is 5.56 Å². The van der Waals surface area contributed by atoms with Crippen LogP contribution in [0.4, 0.5) is 0 Å². The van der Waals surface area contributed by atoms with E-state index in [9.17, 15) is 13.2 Å². The Kier molecular flexibility index (Phi) is 10.7. The van der Waals surface area contributed by atoms with E-state index in [1.807, 2.05) is 31.2 Å². The van der Waals surface area contributed by atoms with E-state index in [2.05, 4.69) is 47.2 Å². The molecule has 1 saturated carbocycles. The molecule has 1 aliphatic rings. The molecule has 40 heavy (non-hydrogen) atoms. The van der Waals surface area contributed by atoms with Crippen LogP contribution in [0.15, 0.2) is 95.9 Å². The molecule has 3 aromatic rings. The standard InChI is InChI=1S/C33H39NO5S/c1-25-13-20-30(21-14-25)40(37,38)34-23-29-19-22-32(31(29)11-7-2-3-8-12-33(35)36)39-24-26-15-17-28(18-16-26)27-9-5-4-6-10-27/h2,4-7,9-10,13-18,20-21,29,31-32,34H,3,8,11-12,19,22-24H2,1H3,(H,35,36)/t29-,31-,32+/m1/s1. The molecule has 1 fully saturated rings. The number of carboxylic acids is 1. The fourth-order valence-electron chi connectivity index (χ4n) is 5.30. The van der Waals surface area contributed by atoms with Crippen molar-refractivity contribution in [3.05, 3.63) is 102 Å². The highest BCUT2D eigenvalue weighted by molar-refractivity contribution is 7.89. The number of aryl methyl sites for hydroxylation is 1. The lowest BCUT2D eigenvalue weighted by atomic mass is 9.91. The number of ether oxygens (including phenoxy) is 1. The van der Waals surface area contributed by atoms with E-state index in [0.717, 1.165) is 36.0 Å². The Labute approximate surface area is 238 Å². The number of sulfonamides is 1. The Morgan fingerprint density at radius 1 is 0.950 bits per heavy atom. The molecule has 0 radical (unpaired) electrons. The molecule has 3 atom stereocenters. The molecule has 0 saturated heterocycles. The average Bonchev–Trinajstić information content (AvgIpc) is 3.35. The van der Waals surface area contributed by atoms with Gasteiger partial charge in [0.1, 0.15) is 0 Å². The molecular formula is C33H39NO5S. The highest BCUT2D eigenvalue weighted by Gasteiger charge is 2.36. The van der Waals surface area contributed by atoms with Gasteiger partial charge in [0.05, 0.1) is 17.6 Å². The largest absolute Gasteiger partial charge is 0.481 e. The average molecular weight is 562 g/mol. The van der Waals surface area contributed by atoms with Gasteiger partial charge < -0.3 is 9.84 Å². The Bertz CT molecular complexity index is 1350. The van der Waals surface area contributed by atoms with Gasteiger partial charge in [-0.2, -0.15) is 0 Å². The Morgan fingerprint density at radius 3 is 2.35 bits per heavy atom. The zero-order valence-corrected chi connectivity index (χ0v) is 23.9. The van der Waals surface area contributed by atoms with Crippen molar-refractivity contribution in [1.29, 1.82) is 0 Å². The monoisotopic (exact) mass is 561 g/mol. The van der Waals surface area contributed by atoms with Crippen LogP contribution in [-0.4, -0.2) is 32.1 Å². The van der Waals surface area contributed by atoms with E-state index < -0.39 is 16.0 Å². The molecule has 0 bridgehead atoms. The van der Waals surface area contributed by atoms with Crippen LogP contribution in [0.3, 0.4) is 0 Å². The lowest BCUT2D eigenvalue weighted by Gasteiger charge is -2.24. The van der Waals surface area contributed by atoms with Crippen LogP contribution in [0, 0.1) is 18.8 Å². The minimum atomic E-state index is -3.59. The van der Waals surface area contributed by atoms with Crippen molar-refractivity contribution < 1.29 is 23.1 Å². The molecule has 0 aliphatic heterocycles. The summed E-state index contributed by atoms with van der Waals surface area (Å²) in [7, 11) is -3.59. The van der Waals surface area contributed by atoms with Gasteiger partial charge in [0.15, 0.2) is 0 Å². The Balaban J connectivity index is 1.38. The number of rotatable bonds is 14. The summed E-state index contributed by atoms with van der Waals surface area (Å²) in [5.74, 6) is -0.468. The lowest BCUT2D eigenvalue weighted by Crippen LogP contribution is -2.33. The maximum atomic E-state index is 12.9. The van der Waals surface area contributed by atoms with Crippen molar-refractivity contribution >= 4 is 16.0 Å². The van der Waals surface area contributed by atoms with E-state index in [4.69, 9.17) is 9.84 Å². The molecule has 2 N–H and O–H groups in total. The number of allylic oxidation sites excluding steroid dienone is 2. The molecule has 212 valence electrons. The number of unbranched alkanes of at least 4 members (excludes halogenated alkanes) is 1. The third kappa shape index (κ3) is 8.62. The summed E-state index contributed by atoms with van der Waals surface area (Å²) in [6.07, 6.45) is 8.15. The summed E-state index contributed by atoms with van der Waals surface area (Å²) < 4.78 is 35.1. The van der Waals surface area contributed by atoms with Crippen LogP contribution < -0.4 is 4.72 Å². The van der Waals surface area contributed by atoms with E-state index >= 15 is 0 Å². The normalized spacial score (nSPS) is 19.3. The topological polar surface area (TPSA) is 92.7 Å². The minimum Gasteiger partial charge on any atom is -0.481 e. The van der Waals surface area contributed by atoms with Gasteiger partial charge >= 0.3 is 5.97 Å². The highest BCUT2D eigenvalue weighted by atomic mass is 32.2. The molecule has 3 aromatic carbocycles. The smallest absolute Gasteiger partial charge is 0.303 e. The van der Waals surface area contributed by atoms with Crippen molar-refractivity contribution in [3.63, 3.8) is 0 Å². The number of carboxylic acid groups (broad SMARTS) is 1. The summed E-state index contributed by atoms with van der Waals surface area (Å²) >= 11 is 0. The molecule has 4 rings (SSSR count). The van der Waals surface area contributed by atoms with Gasteiger partial charge in [0.25, 0.3) is 0 Å². The molecular weight excluding hydrogens is 522 g/mol. The third-order valence-electron chi connectivity index (χ3n) is 7.63. The van der Waals surface area contributed by atoms with Gasteiger partial charge in [0, 0.05) is 13.0 Å². The molecule has 7 heteroatoms. The van der Waals surface area contributed by atoms with Gasteiger partial charge in [0.2, 0.25) is 10.0 Å². The van der Waals surface area contributed by atoms with Crippen LogP contribution in [0.25, 0.3) is 11.1 Å². The highest BCUT2D eigenvalue weighted by Crippen LogP contribution is 2.37. The van der Waals surface area contributed by atoms with E-state index in [-0.39, 0.29) is 29.3 Å². The third-order valence-corrected chi connectivity index (χ3v) is 9.07. The van der Waals surface area contributed by atoms with Crippen molar-refractivity contribution in [2.75, 3.05) is 6.54 Å². The summed E-state index contributed by atoms with van der Waals surface area (Å²) in [6, 6.07) is 25.6. The number of hydrogen-bond acceptors (Lipinski definition) is 4. The fraction of sp³-hybridized carbons (Fsp3) is 0.364. The first-order chi connectivity index (χ1) is 19.3. The zero-order chi connectivity index (χ0) is 28.4. The van der Waals surface area contributed by atoms with Gasteiger partial charge in [-0.3, -0.25) is 4.79 Å². The van der Waals surface area contributed by atoms with Crippen LogP contribution in [0.2, 0.25) is 0 Å². The van der Waals surface area contributed by atoms with Crippen molar-refractivity contribution in [1.82, 2.24) is 4.72 Å². The molecule has 0 unspecified atom stereocenters. The summed E-state index contributed by atoms with van der Waals surface area (Å²) in [4.78, 5) is 11.1. The van der Waals surface area contributed by atoms with Gasteiger partial charge in [-0.15, -0.1) is 0 Å². The van der Waals surface area contributed by atoms with Crippen LogP contribution >= 0.6 is 0 Å². The molecule has 0 amide bonds. The number of aliphatic carboxylic acids is 1. The number of benzene rings is 3. The van der Waals surface area contributed by atoms with Gasteiger partial charge in [-0.25, -0.2) is 13.1 Å². The first kappa shape index (κ1) is 29.7. The predicted molar refractivity (Wildman–Crippen MR) is 158 cm³/mol. The second kappa shape index (κ2) is 14.4. The van der Waals surface area contributed by atoms with Gasteiger partial charge in [-0.05, 0) is 79.7 Å². The van der Waals surface area contributed by atoms with E-state index in [0.29, 0.717) is 26.0 Å². The van der Waals surface area contributed by atoms with Crippen molar-refractivity contribution in [2.45, 2.75) is 63.1 Å². The number of nitrogens with one attached hydrogen (secondary N) is 1. The van der Waals surface area contributed by atoms with Crippen molar-refractivity contribution in [3.8, 4) is 11.1 Å². The maximum Gasteiger partial charge on any atom is 0.303 e. The van der Waals surface area contributed by atoms with E-state index in [1.54, 1.807) is 24.3 Å². The quantitative estimate of drug-likeness (QED) is 0.168. The molecule has 1 aliphatic carbocycles. The molecule has 6 nitrogen and oxygen atoms in total. The predicted octanol–water partition coefficient (Wildman–Crippen LogP) is 6.75. The second-order valence-electron chi connectivity index (χ2n) is 10.6. The zero-order valence-electron chi connectivity index (χ0n) is 23.0. The van der Waals surface area contributed by atoms with Crippen LogP contribution in [0.1, 0.15) is 49.7 Å². The fourth-order valence-corrected chi connectivity index (χ4v) is 6.40. The second-order valence-corrected chi connectivity index (χ2v) is 12.3. The summed E-state index contributed by atoms with van der Waals surface area (Å²) in [6.45, 7) is 2.79. The first-order valence-corrected chi connectivity index (χ1v) is 15.5. The Morgan fingerprint density at radius 2 is 1.65 bits per heavy atom. The first-order valence-electron chi connectivity index (χ1n) is 14.0. The SMILES string of the molecule is Cc1ccc(S(=O)(=O)NC[C@H]2CC[C@H](OCc3ccc(-c4ccccc4)cc3)[C@@H]2CC=CCCCC(=O)O)cc1. The summed E-state index contributed by atoms with van der Waals surface area (Å²) in [5, 5.41) is 8.86. The Hall–Kier alpha value is -3.26. The van der Waals surface area contributed by atoms with Crippen LogP contribution in [-0.2, 0) is 26.2 Å². The number of hydrogen-bond donors (Lipinski definition) is 2. The minimum absolute atomic E-state index is 0.0198. The summed E-state index contributed by atoms with van der Waals surface area (Å²) in [5.41, 5.74) is 4.46. The molecule has 0 heterocycles.